The summed E-state index contributed by atoms with van der Waals surface area (Å²) in [6, 6.07) is 8.19. The summed E-state index contributed by atoms with van der Waals surface area (Å²) < 4.78 is 5.78. The molecule has 1 aliphatic heterocycles. The van der Waals surface area contributed by atoms with Gasteiger partial charge in [0.15, 0.2) is 0 Å². The van der Waals surface area contributed by atoms with Gasteiger partial charge in [0.2, 0.25) is 0 Å². The molecule has 2 aliphatic rings. The molecule has 1 saturated heterocycles. The van der Waals surface area contributed by atoms with Crippen molar-refractivity contribution in [2.45, 2.75) is 37.7 Å². The minimum absolute atomic E-state index is 0.256. The molecule has 1 aromatic carbocycles. The zero-order valence-electron chi connectivity index (χ0n) is 10.3. The zero-order chi connectivity index (χ0) is 12.5. The number of hydrogen-bond acceptors (Lipinski definition) is 2. The van der Waals surface area contributed by atoms with Crippen LogP contribution in [0.1, 0.15) is 48.8 Å². The molecule has 3 nitrogen and oxygen atoms in total. The van der Waals surface area contributed by atoms with E-state index in [9.17, 15) is 9.90 Å². The number of ether oxygens (including phenoxy) is 1. The van der Waals surface area contributed by atoms with E-state index < -0.39 is 11.9 Å². The Morgan fingerprint density at radius 1 is 1.17 bits per heavy atom. The smallest absolute Gasteiger partial charge is 0.309 e. The lowest BCUT2D eigenvalue weighted by molar-refractivity contribution is -0.151. The van der Waals surface area contributed by atoms with Crippen LogP contribution >= 0.6 is 0 Å². The van der Waals surface area contributed by atoms with E-state index in [1.54, 1.807) is 0 Å². The van der Waals surface area contributed by atoms with Crippen molar-refractivity contribution in [3.8, 4) is 0 Å². The summed E-state index contributed by atoms with van der Waals surface area (Å²) in [5.74, 6) is -0.495. The van der Waals surface area contributed by atoms with E-state index in [0.29, 0.717) is 12.5 Å². The van der Waals surface area contributed by atoms with Crippen LogP contribution in [0.25, 0.3) is 0 Å². The molecule has 0 bridgehead atoms. The van der Waals surface area contributed by atoms with E-state index in [4.69, 9.17) is 4.74 Å². The van der Waals surface area contributed by atoms with E-state index in [1.807, 2.05) is 18.2 Å². The van der Waals surface area contributed by atoms with Gasteiger partial charge in [0.05, 0.1) is 12.0 Å². The highest BCUT2D eigenvalue weighted by Gasteiger charge is 2.36. The lowest BCUT2D eigenvalue weighted by atomic mass is 9.86. The predicted molar refractivity (Wildman–Crippen MR) is 67.5 cm³/mol. The molecule has 1 heterocycles. The minimum Gasteiger partial charge on any atom is -0.481 e. The second-order valence-electron chi connectivity index (χ2n) is 5.28. The molecule has 3 heteroatoms. The molecule has 3 rings (SSSR count). The predicted octanol–water partition coefficient (Wildman–Crippen LogP) is 3.12. The van der Waals surface area contributed by atoms with Crippen LogP contribution in [0.2, 0.25) is 0 Å². The molecule has 0 aromatic heterocycles. The van der Waals surface area contributed by atoms with Crippen molar-refractivity contribution < 1.29 is 14.6 Å². The third kappa shape index (κ3) is 2.15. The molecule has 1 aromatic rings. The van der Waals surface area contributed by atoms with Crippen LogP contribution in [0.3, 0.4) is 0 Å². The van der Waals surface area contributed by atoms with E-state index in [0.717, 1.165) is 18.4 Å². The first-order chi connectivity index (χ1) is 8.77. The Hall–Kier alpha value is -1.35. The van der Waals surface area contributed by atoms with Gasteiger partial charge in [0.25, 0.3) is 0 Å². The highest BCUT2D eigenvalue weighted by molar-refractivity contribution is 5.71. The molecule has 1 aliphatic carbocycles. The van der Waals surface area contributed by atoms with E-state index in [2.05, 4.69) is 6.07 Å². The average molecular weight is 246 g/mol. The number of carboxylic acid groups (broad SMARTS) is 1. The summed E-state index contributed by atoms with van der Waals surface area (Å²) in [5, 5.41) is 9.34. The Bertz CT molecular complexity index is 451. The molecule has 18 heavy (non-hydrogen) atoms. The highest BCUT2D eigenvalue weighted by Crippen LogP contribution is 2.45. The number of benzene rings is 1. The van der Waals surface area contributed by atoms with Gasteiger partial charge < -0.3 is 9.84 Å². The summed E-state index contributed by atoms with van der Waals surface area (Å²) in [6.45, 7) is 0.674. The van der Waals surface area contributed by atoms with Crippen molar-refractivity contribution in [1.82, 2.24) is 0 Å². The van der Waals surface area contributed by atoms with Gasteiger partial charge in [-0.25, -0.2) is 0 Å². The van der Waals surface area contributed by atoms with Gasteiger partial charge in [-0.3, -0.25) is 4.79 Å². The number of carboxylic acids is 1. The Morgan fingerprint density at radius 3 is 2.56 bits per heavy atom. The van der Waals surface area contributed by atoms with Gasteiger partial charge in [0.1, 0.15) is 0 Å². The van der Waals surface area contributed by atoms with Crippen LogP contribution in [-0.4, -0.2) is 17.7 Å². The Kier molecular flexibility index (Phi) is 3.08. The van der Waals surface area contributed by atoms with Crippen LogP contribution in [0.15, 0.2) is 24.3 Å². The van der Waals surface area contributed by atoms with Crippen molar-refractivity contribution in [2.75, 3.05) is 6.61 Å². The van der Waals surface area contributed by atoms with Crippen molar-refractivity contribution in [3.63, 3.8) is 0 Å². The number of hydrogen-bond donors (Lipinski definition) is 1. The number of aliphatic carboxylic acids is 1. The third-order valence-electron chi connectivity index (χ3n) is 3.96. The normalized spacial score (nSPS) is 28.0. The minimum atomic E-state index is -0.731. The largest absolute Gasteiger partial charge is 0.481 e. The summed E-state index contributed by atoms with van der Waals surface area (Å²) >= 11 is 0. The monoisotopic (exact) mass is 246 g/mol. The first kappa shape index (κ1) is 11.7. The fraction of sp³-hybridized carbons (Fsp3) is 0.533. The highest BCUT2D eigenvalue weighted by atomic mass is 16.5. The summed E-state index contributed by atoms with van der Waals surface area (Å²) in [6.07, 6.45) is 3.76. The molecule has 1 saturated carbocycles. The Balaban J connectivity index is 1.94. The maximum Gasteiger partial charge on any atom is 0.309 e. The van der Waals surface area contributed by atoms with E-state index >= 15 is 0 Å². The van der Waals surface area contributed by atoms with Crippen LogP contribution in [-0.2, 0) is 9.53 Å². The van der Waals surface area contributed by atoms with Crippen molar-refractivity contribution in [2.24, 2.45) is 5.92 Å². The molecule has 2 fully saturated rings. The Labute approximate surface area is 107 Å². The lowest BCUT2D eigenvalue weighted by Gasteiger charge is -2.30. The summed E-state index contributed by atoms with van der Waals surface area (Å²) in [5.41, 5.74) is 2.41. The van der Waals surface area contributed by atoms with Gasteiger partial charge in [-0.05, 0) is 42.7 Å². The van der Waals surface area contributed by atoms with Gasteiger partial charge >= 0.3 is 5.97 Å². The zero-order valence-corrected chi connectivity index (χ0v) is 10.3. The maximum atomic E-state index is 11.4. The van der Waals surface area contributed by atoms with Gasteiger partial charge in [-0.2, -0.15) is 0 Å². The Morgan fingerprint density at radius 2 is 1.89 bits per heavy atom. The van der Waals surface area contributed by atoms with Crippen LogP contribution < -0.4 is 0 Å². The van der Waals surface area contributed by atoms with Crippen LogP contribution in [0.5, 0.6) is 0 Å². The second kappa shape index (κ2) is 4.73. The molecular weight excluding hydrogens is 228 g/mol. The molecule has 0 radical (unpaired) electrons. The average Bonchev–Trinajstić information content (AvgIpc) is 3.23. The fourth-order valence-electron chi connectivity index (χ4n) is 2.88. The van der Waals surface area contributed by atoms with Crippen LogP contribution in [0.4, 0.5) is 0 Å². The molecule has 96 valence electrons. The molecule has 0 amide bonds. The fourth-order valence-corrected chi connectivity index (χ4v) is 2.88. The first-order valence-electron chi connectivity index (χ1n) is 6.70. The van der Waals surface area contributed by atoms with Gasteiger partial charge in [0, 0.05) is 6.61 Å². The van der Waals surface area contributed by atoms with Crippen LogP contribution in [0, 0.1) is 5.92 Å². The topological polar surface area (TPSA) is 46.5 Å². The SMILES string of the molecule is O=C(O)C1CCCOC1c1ccccc1C1CC1. The standard InChI is InChI=1S/C15H18O3/c16-15(17)13-6-3-9-18-14(13)12-5-2-1-4-11(12)10-7-8-10/h1-2,4-5,10,13-14H,3,6-9H2,(H,16,17). The van der Waals surface area contributed by atoms with E-state index in [-0.39, 0.29) is 6.10 Å². The molecular formula is C15H18O3. The third-order valence-corrected chi connectivity index (χ3v) is 3.96. The molecule has 0 spiro atoms. The van der Waals surface area contributed by atoms with Gasteiger partial charge in [-0.15, -0.1) is 0 Å². The summed E-state index contributed by atoms with van der Waals surface area (Å²) in [7, 11) is 0. The molecule has 1 N–H and O–H groups in total. The molecule has 2 atom stereocenters. The first-order valence-corrected chi connectivity index (χ1v) is 6.70. The number of carbonyl (C=O) groups is 1. The lowest BCUT2D eigenvalue weighted by Crippen LogP contribution is -2.29. The number of rotatable bonds is 3. The quantitative estimate of drug-likeness (QED) is 0.891. The second-order valence-corrected chi connectivity index (χ2v) is 5.28. The van der Waals surface area contributed by atoms with Gasteiger partial charge in [-0.1, -0.05) is 24.3 Å². The summed E-state index contributed by atoms with van der Waals surface area (Å²) in [4.78, 5) is 11.4. The van der Waals surface area contributed by atoms with Crippen molar-refractivity contribution >= 4 is 5.97 Å². The van der Waals surface area contributed by atoms with E-state index in [1.165, 1.54) is 18.4 Å². The van der Waals surface area contributed by atoms with Crippen molar-refractivity contribution in [1.29, 1.82) is 0 Å². The van der Waals surface area contributed by atoms with Crippen molar-refractivity contribution in [3.05, 3.63) is 35.4 Å². The molecule has 2 unspecified atom stereocenters. The maximum absolute atomic E-state index is 11.4.